The van der Waals surface area contributed by atoms with Crippen LogP contribution in [0.4, 0.5) is 0 Å². The summed E-state index contributed by atoms with van der Waals surface area (Å²) in [6, 6.07) is 0. The Morgan fingerprint density at radius 2 is 1.86 bits per heavy atom. The molecule has 4 aliphatic rings. The summed E-state index contributed by atoms with van der Waals surface area (Å²) >= 11 is 0. The Bertz CT molecular complexity index is 630. The van der Waals surface area contributed by atoms with Gasteiger partial charge in [-0.2, -0.15) is 0 Å². The molecule has 0 amide bonds. The molecule has 0 aromatic carbocycles. The first-order valence-electron chi connectivity index (χ1n) is 12.3. The van der Waals surface area contributed by atoms with Crippen molar-refractivity contribution in [1.29, 1.82) is 0 Å². The van der Waals surface area contributed by atoms with E-state index in [4.69, 9.17) is 0 Å². The molecule has 4 aliphatic carbocycles. The maximum atomic E-state index is 10.2. The second-order valence-electron chi connectivity index (χ2n) is 11.8. The second kappa shape index (κ2) is 7.60. The van der Waals surface area contributed by atoms with Gasteiger partial charge in [-0.1, -0.05) is 58.4 Å². The van der Waals surface area contributed by atoms with Crippen LogP contribution >= 0.6 is 0 Å². The van der Waals surface area contributed by atoms with Crippen molar-refractivity contribution in [3.63, 3.8) is 0 Å². The monoisotopic (exact) mass is 384 g/mol. The Morgan fingerprint density at radius 1 is 1.07 bits per heavy atom. The molecular formula is C27H44O. The minimum absolute atomic E-state index is 0.0830. The van der Waals surface area contributed by atoms with Crippen LogP contribution in [0.3, 0.4) is 0 Å². The normalized spacial score (nSPS) is 46.8. The summed E-state index contributed by atoms with van der Waals surface area (Å²) in [4.78, 5) is 0. The maximum absolute atomic E-state index is 10.2. The Labute approximate surface area is 174 Å². The first-order valence-corrected chi connectivity index (χ1v) is 12.3. The minimum atomic E-state index is -0.0830. The molecule has 3 fully saturated rings. The number of allylic oxidation sites excluding steroid dienone is 3. The Hall–Kier alpha value is -0.560. The van der Waals surface area contributed by atoms with Gasteiger partial charge in [0.2, 0.25) is 0 Å². The molecule has 158 valence electrons. The van der Waals surface area contributed by atoms with E-state index in [2.05, 4.69) is 52.8 Å². The standard InChI is InChI=1S/C27H44O/c1-18(2)7-6-8-19(3)23-11-12-24-22-10-9-20-17-21(28)13-15-26(20,4)25(22)14-16-27(23,24)5/h6-7,9,18-19,21-25,28H,8,10-17H2,1-5H3/t19-,21?,22+,23-,24+,25+,26+,27-/m1/s1. The predicted molar refractivity (Wildman–Crippen MR) is 119 cm³/mol. The van der Waals surface area contributed by atoms with Crippen molar-refractivity contribution in [2.75, 3.05) is 0 Å². The lowest BCUT2D eigenvalue weighted by Gasteiger charge is -2.58. The van der Waals surface area contributed by atoms with E-state index in [0.717, 1.165) is 42.4 Å². The summed E-state index contributed by atoms with van der Waals surface area (Å²) in [6.07, 6.45) is 18.9. The van der Waals surface area contributed by atoms with Gasteiger partial charge in [-0.05, 0) is 104 Å². The van der Waals surface area contributed by atoms with Crippen LogP contribution in [0.5, 0.6) is 0 Å². The van der Waals surface area contributed by atoms with E-state index >= 15 is 0 Å². The highest BCUT2D eigenvalue weighted by Gasteiger charge is 2.58. The zero-order chi connectivity index (χ0) is 20.1. The number of hydrogen-bond donors (Lipinski definition) is 1. The van der Waals surface area contributed by atoms with Gasteiger partial charge in [0.15, 0.2) is 0 Å². The smallest absolute Gasteiger partial charge is 0.0577 e. The number of aliphatic hydroxyl groups excluding tert-OH is 1. The van der Waals surface area contributed by atoms with Crippen LogP contribution < -0.4 is 0 Å². The highest BCUT2D eigenvalue weighted by Crippen LogP contribution is 2.67. The number of aliphatic hydroxyl groups is 1. The van der Waals surface area contributed by atoms with E-state index in [0.29, 0.717) is 16.7 Å². The topological polar surface area (TPSA) is 20.2 Å². The number of rotatable bonds is 4. The lowest BCUT2D eigenvalue weighted by molar-refractivity contribution is -0.0565. The molecule has 0 heterocycles. The quantitative estimate of drug-likeness (QED) is 0.510. The largest absolute Gasteiger partial charge is 0.393 e. The van der Waals surface area contributed by atoms with Crippen LogP contribution in [0.1, 0.15) is 92.4 Å². The molecule has 3 saturated carbocycles. The molecule has 4 rings (SSSR count). The molecule has 1 N–H and O–H groups in total. The van der Waals surface area contributed by atoms with Crippen molar-refractivity contribution in [3.8, 4) is 0 Å². The zero-order valence-electron chi connectivity index (χ0n) is 19.1. The Balaban J connectivity index is 1.52. The molecule has 1 unspecified atom stereocenters. The van der Waals surface area contributed by atoms with Gasteiger partial charge in [0.05, 0.1) is 6.10 Å². The van der Waals surface area contributed by atoms with E-state index in [1.165, 1.54) is 44.9 Å². The van der Waals surface area contributed by atoms with Crippen LogP contribution in [-0.2, 0) is 0 Å². The third-order valence-corrected chi connectivity index (χ3v) is 9.87. The summed E-state index contributed by atoms with van der Waals surface area (Å²) in [5.41, 5.74) is 2.55. The van der Waals surface area contributed by atoms with Crippen LogP contribution in [-0.4, -0.2) is 11.2 Å². The SMILES string of the molecule is CC(C)C=CC[C@@H](C)[C@H]1CC[C@H]2[C@@H]3CC=C4CC(O)CC[C@]4(C)[C@H]3CC[C@]12C. The molecule has 0 radical (unpaired) electrons. The molecular weight excluding hydrogens is 340 g/mol. The van der Waals surface area contributed by atoms with Crippen LogP contribution in [0, 0.1) is 46.3 Å². The van der Waals surface area contributed by atoms with Gasteiger partial charge < -0.3 is 5.11 Å². The van der Waals surface area contributed by atoms with Gasteiger partial charge in [0, 0.05) is 0 Å². The molecule has 1 nitrogen and oxygen atoms in total. The lowest BCUT2D eigenvalue weighted by Crippen LogP contribution is -2.50. The van der Waals surface area contributed by atoms with Gasteiger partial charge in [-0.3, -0.25) is 0 Å². The predicted octanol–water partition coefficient (Wildman–Crippen LogP) is 7.16. The van der Waals surface area contributed by atoms with Crippen molar-refractivity contribution < 1.29 is 5.11 Å². The van der Waals surface area contributed by atoms with Crippen LogP contribution in [0.15, 0.2) is 23.8 Å². The van der Waals surface area contributed by atoms with E-state index < -0.39 is 0 Å². The maximum Gasteiger partial charge on any atom is 0.0577 e. The summed E-state index contributed by atoms with van der Waals surface area (Å²) in [7, 11) is 0. The van der Waals surface area contributed by atoms with Crippen molar-refractivity contribution in [3.05, 3.63) is 23.8 Å². The highest BCUT2D eigenvalue weighted by atomic mass is 16.3. The average molecular weight is 385 g/mol. The summed E-state index contributed by atoms with van der Waals surface area (Å²) in [5.74, 6) is 5.08. The van der Waals surface area contributed by atoms with Crippen molar-refractivity contribution in [2.45, 2.75) is 98.5 Å². The molecule has 0 saturated heterocycles. The average Bonchev–Trinajstić information content (AvgIpc) is 2.99. The fourth-order valence-electron chi connectivity index (χ4n) is 8.35. The summed E-state index contributed by atoms with van der Waals surface area (Å²) in [5, 5.41) is 10.2. The third-order valence-electron chi connectivity index (χ3n) is 9.87. The Morgan fingerprint density at radius 3 is 2.61 bits per heavy atom. The summed E-state index contributed by atoms with van der Waals surface area (Å²) < 4.78 is 0. The molecule has 0 bridgehead atoms. The van der Waals surface area contributed by atoms with Gasteiger partial charge in [-0.25, -0.2) is 0 Å². The molecule has 0 aromatic rings. The number of fused-ring (bicyclic) bond motifs is 5. The lowest BCUT2D eigenvalue weighted by atomic mass is 9.47. The van der Waals surface area contributed by atoms with Crippen molar-refractivity contribution >= 4 is 0 Å². The third kappa shape index (κ3) is 3.34. The van der Waals surface area contributed by atoms with Gasteiger partial charge >= 0.3 is 0 Å². The first-order chi connectivity index (χ1) is 13.3. The molecule has 0 aromatic heterocycles. The molecule has 0 spiro atoms. The van der Waals surface area contributed by atoms with Gasteiger partial charge in [-0.15, -0.1) is 0 Å². The highest BCUT2D eigenvalue weighted by molar-refractivity contribution is 5.25. The van der Waals surface area contributed by atoms with Crippen molar-refractivity contribution in [1.82, 2.24) is 0 Å². The Kier molecular flexibility index (Phi) is 5.62. The van der Waals surface area contributed by atoms with E-state index in [9.17, 15) is 5.11 Å². The molecule has 1 heteroatoms. The molecule has 8 atom stereocenters. The minimum Gasteiger partial charge on any atom is -0.393 e. The van der Waals surface area contributed by atoms with Gasteiger partial charge in [0.25, 0.3) is 0 Å². The first kappa shape index (κ1) is 20.7. The van der Waals surface area contributed by atoms with Gasteiger partial charge in [0.1, 0.15) is 0 Å². The summed E-state index contributed by atoms with van der Waals surface area (Å²) in [6.45, 7) is 12.3. The molecule has 0 aliphatic heterocycles. The van der Waals surface area contributed by atoms with Crippen LogP contribution in [0.2, 0.25) is 0 Å². The fraction of sp³-hybridized carbons (Fsp3) is 0.852. The van der Waals surface area contributed by atoms with E-state index in [1.807, 2.05) is 0 Å². The van der Waals surface area contributed by atoms with E-state index in [1.54, 1.807) is 5.57 Å². The van der Waals surface area contributed by atoms with Crippen molar-refractivity contribution in [2.24, 2.45) is 46.3 Å². The number of hydrogen-bond acceptors (Lipinski definition) is 1. The fourth-order valence-corrected chi connectivity index (χ4v) is 8.35. The van der Waals surface area contributed by atoms with Crippen LogP contribution in [0.25, 0.3) is 0 Å². The molecule has 28 heavy (non-hydrogen) atoms. The zero-order valence-corrected chi connectivity index (χ0v) is 19.1. The van der Waals surface area contributed by atoms with E-state index in [-0.39, 0.29) is 6.10 Å². The second-order valence-corrected chi connectivity index (χ2v) is 11.8.